The fourth-order valence-electron chi connectivity index (χ4n) is 3.42. The highest BCUT2D eigenvalue weighted by Gasteiger charge is 2.33. The Morgan fingerprint density at radius 2 is 1.96 bits per heavy atom. The van der Waals surface area contributed by atoms with Gasteiger partial charge in [0.1, 0.15) is 5.75 Å². The van der Waals surface area contributed by atoms with Crippen molar-refractivity contribution in [1.29, 1.82) is 0 Å². The number of hydrogen-bond acceptors (Lipinski definition) is 4. The molecule has 6 nitrogen and oxygen atoms in total. The van der Waals surface area contributed by atoms with Crippen molar-refractivity contribution in [3.05, 3.63) is 24.3 Å². The number of amides is 1. The monoisotopic (exact) mass is 368 g/mol. The first-order chi connectivity index (χ1) is 11.7. The van der Waals surface area contributed by atoms with Crippen LogP contribution in [0.3, 0.4) is 0 Å². The van der Waals surface area contributed by atoms with Crippen molar-refractivity contribution in [3.63, 3.8) is 0 Å². The van der Waals surface area contributed by atoms with Crippen molar-refractivity contribution < 1.29 is 17.9 Å². The molecule has 1 aliphatic rings. The summed E-state index contributed by atoms with van der Waals surface area (Å²) in [5.74, 6) is -0.346. The number of carbonyl (C=O) groups excluding carboxylic acids is 1. The molecule has 0 bridgehead atoms. The Morgan fingerprint density at radius 3 is 2.56 bits per heavy atom. The van der Waals surface area contributed by atoms with E-state index in [2.05, 4.69) is 4.72 Å². The molecule has 140 valence electrons. The lowest BCUT2D eigenvalue weighted by molar-refractivity contribution is -0.140. The van der Waals surface area contributed by atoms with Gasteiger partial charge in [-0.15, -0.1) is 0 Å². The van der Waals surface area contributed by atoms with E-state index in [1.807, 2.05) is 18.7 Å². The zero-order chi connectivity index (χ0) is 18.6. The van der Waals surface area contributed by atoms with Crippen molar-refractivity contribution in [1.82, 2.24) is 4.90 Å². The van der Waals surface area contributed by atoms with E-state index in [4.69, 9.17) is 4.74 Å². The number of rotatable bonds is 6. The van der Waals surface area contributed by atoms with Crippen LogP contribution in [0.4, 0.5) is 5.69 Å². The van der Waals surface area contributed by atoms with E-state index in [0.717, 1.165) is 19.3 Å². The van der Waals surface area contributed by atoms with Gasteiger partial charge in [-0.2, -0.15) is 0 Å². The highest BCUT2D eigenvalue weighted by Crippen LogP contribution is 2.25. The molecule has 1 aromatic carbocycles. The summed E-state index contributed by atoms with van der Waals surface area (Å²) in [5.41, 5.74) is 0.429. The molecule has 1 fully saturated rings. The molecule has 1 N–H and O–H groups in total. The lowest BCUT2D eigenvalue weighted by Crippen LogP contribution is -2.50. The average Bonchev–Trinajstić information content (AvgIpc) is 2.53. The first-order valence-electron chi connectivity index (χ1n) is 8.70. The second kappa shape index (κ2) is 8.08. The van der Waals surface area contributed by atoms with Crippen molar-refractivity contribution >= 4 is 21.6 Å². The fraction of sp³-hybridized carbons (Fsp3) is 0.611. The average molecular weight is 368 g/mol. The number of likely N-dealkylation sites (tertiary alicyclic amines) is 1. The summed E-state index contributed by atoms with van der Waals surface area (Å²) in [6.07, 6.45) is 3.05. The van der Waals surface area contributed by atoms with Crippen LogP contribution in [-0.4, -0.2) is 44.2 Å². The Kier molecular flexibility index (Phi) is 6.32. The summed E-state index contributed by atoms with van der Waals surface area (Å²) in [5, 5.41) is 0. The van der Waals surface area contributed by atoms with Crippen LogP contribution in [0.15, 0.2) is 24.3 Å². The standard InChI is InChI=1S/C18H28N2O4S/c1-13(18(21)20-14(2)7-5-8-15(20)3)12-25(22,23)19-16-9-6-10-17(11-16)24-4/h6,9-11,13-15,19H,5,7-8,12H2,1-4H3. The number of hydrogen-bond donors (Lipinski definition) is 1. The summed E-state index contributed by atoms with van der Waals surface area (Å²) in [7, 11) is -2.11. The molecule has 0 saturated carbocycles. The second-order valence-corrected chi connectivity index (χ2v) is 8.66. The van der Waals surface area contributed by atoms with Gasteiger partial charge in [-0.3, -0.25) is 9.52 Å². The molecule has 25 heavy (non-hydrogen) atoms. The van der Waals surface area contributed by atoms with E-state index in [1.54, 1.807) is 31.2 Å². The van der Waals surface area contributed by atoms with Gasteiger partial charge in [0.15, 0.2) is 0 Å². The number of nitrogens with one attached hydrogen (secondary N) is 1. The quantitative estimate of drug-likeness (QED) is 0.838. The van der Waals surface area contributed by atoms with E-state index >= 15 is 0 Å². The molecular weight excluding hydrogens is 340 g/mol. The minimum absolute atomic E-state index is 0.0873. The number of carbonyl (C=O) groups is 1. The molecule has 1 aliphatic heterocycles. The third-order valence-electron chi connectivity index (χ3n) is 4.68. The second-order valence-electron chi connectivity index (χ2n) is 6.89. The number of piperidine rings is 1. The Bertz CT molecular complexity index is 695. The van der Waals surface area contributed by atoms with Crippen molar-refractivity contribution in [2.45, 2.75) is 52.1 Å². The van der Waals surface area contributed by atoms with Gasteiger partial charge in [0.05, 0.1) is 24.5 Å². The van der Waals surface area contributed by atoms with E-state index in [1.165, 1.54) is 7.11 Å². The normalized spacial score (nSPS) is 22.3. The minimum Gasteiger partial charge on any atom is -0.497 e. The van der Waals surface area contributed by atoms with Crippen LogP contribution >= 0.6 is 0 Å². The number of benzene rings is 1. The highest BCUT2D eigenvalue weighted by atomic mass is 32.2. The maximum atomic E-state index is 12.8. The first-order valence-corrected chi connectivity index (χ1v) is 10.4. The van der Waals surface area contributed by atoms with Gasteiger partial charge in [-0.05, 0) is 45.2 Å². The molecular formula is C18H28N2O4S. The van der Waals surface area contributed by atoms with Gasteiger partial charge >= 0.3 is 0 Å². The molecule has 2 rings (SSSR count). The molecule has 7 heteroatoms. The van der Waals surface area contributed by atoms with Crippen LogP contribution in [0.2, 0.25) is 0 Å². The summed E-state index contributed by atoms with van der Waals surface area (Å²) >= 11 is 0. The number of anilines is 1. The summed E-state index contributed by atoms with van der Waals surface area (Å²) < 4.78 is 32.5. The fourth-order valence-corrected chi connectivity index (χ4v) is 4.79. The van der Waals surface area contributed by atoms with Gasteiger partial charge < -0.3 is 9.64 Å². The third kappa shape index (κ3) is 5.11. The van der Waals surface area contributed by atoms with Crippen molar-refractivity contribution in [3.8, 4) is 5.75 Å². The van der Waals surface area contributed by atoms with E-state index < -0.39 is 15.9 Å². The zero-order valence-corrected chi connectivity index (χ0v) is 16.2. The predicted octanol–water partition coefficient (Wildman–Crippen LogP) is 2.86. The molecule has 1 saturated heterocycles. The molecule has 1 aromatic rings. The topological polar surface area (TPSA) is 75.7 Å². The smallest absolute Gasteiger partial charge is 0.233 e. The molecule has 1 amide bonds. The third-order valence-corrected chi connectivity index (χ3v) is 6.17. The SMILES string of the molecule is COc1cccc(NS(=O)(=O)CC(C)C(=O)N2C(C)CCCC2C)c1. The maximum Gasteiger partial charge on any atom is 0.233 e. The van der Waals surface area contributed by atoms with E-state index in [-0.39, 0.29) is 23.7 Å². The predicted molar refractivity (Wildman–Crippen MR) is 99.2 cm³/mol. The van der Waals surface area contributed by atoms with Crippen molar-refractivity contribution in [2.75, 3.05) is 17.6 Å². The van der Waals surface area contributed by atoms with Crippen LogP contribution in [0.1, 0.15) is 40.0 Å². The van der Waals surface area contributed by atoms with Gasteiger partial charge in [-0.25, -0.2) is 8.42 Å². The Balaban J connectivity index is 2.04. The number of sulfonamides is 1. The zero-order valence-electron chi connectivity index (χ0n) is 15.4. The van der Waals surface area contributed by atoms with Crippen LogP contribution in [0.5, 0.6) is 5.75 Å². The molecule has 0 aliphatic carbocycles. The van der Waals surface area contributed by atoms with Gasteiger partial charge in [0.25, 0.3) is 0 Å². The summed E-state index contributed by atoms with van der Waals surface area (Å²) in [6.45, 7) is 5.74. The summed E-state index contributed by atoms with van der Waals surface area (Å²) in [6, 6.07) is 7.03. The Morgan fingerprint density at radius 1 is 1.32 bits per heavy atom. The largest absolute Gasteiger partial charge is 0.497 e. The molecule has 0 spiro atoms. The van der Waals surface area contributed by atoms with Crippen LogP contribution in [-0.2, 0) is 14.8 Å². The van der Waals surface area contributed by atoms with Crippen LogP contribution in [0.25, 0.3) is 0 Å². The number of ether oxygens (including phenoxy) is 1. The van der Waals surface area contributed by atoms with Gasteiger partial charge in [0.2, 0.25) is 15.9 Å². The molecule has 3 atom stereocenters. The number of nitrogens with zero attached hydrogens (tertiary/aromatic N) is 1. The molecule has 1 heterocycles. The molecule has 0 radical (unpaired) electrons. The molecule has 3 unspecified atom stereocenters. The van der Waals surface area contributed by atoms with Gasteiger partial charge in [0, 0.05) is 18.2 Å². The molecule has 0 aromatic heterocycles. The van der Waals surface area contributed by atoms with Gasteiger partial charge in [-0.1, -0.05) is 13.0 Å². The van der Waals surface area contributed by atoms with E-state index in [0.29, 0.717) is 11.4 Å². The Labute approximate surface area is 150 Å². The minimum atomic E-state index is -3.63. The lowest BCUT2D eigenvalue weighted by atomic mass is 9.96. The maximum absolute atomic E-state index is 12.8. The van der Waals surface area contributed by atoms with E-state index in [9.17, 15) is 13.2 Å². The number of methoxy groups -OCH3 is 1. The highest BCUT2D eigenvalue weighted by molar-refractivity contribution is 7.92. The Hall–Kier alpha value is -1.76. The van der Waals surface area contributed by atoms with Crippen LogP contribution in [0, 0.1) is 5.92 Å². The van der Waals surface area contributed by atoms with Crippen LogP contribution < -0.4 is 9.46 Å². The van der Waals surface area contributed by atoms with Crippen molar-refractivity contribution in [2.24, 2.45) is 5.92 Å². The first kappa shape index (κ1) is 19.6. The lowest BCUT2D eigenvalue weighted by Gasteiger charge is -2.40. The summed E-state index contributed by atoms with van der Waals surface area (Å²) in [4.78, 5) is 14.6.